The number of aliphatic hydroxyl groups excluding tert-OH is 1. The van der Waals surface area contributed by atoms with Gasteiger partial charge in [-0.25, -0.2) is 0 Å². The molecule has 11 unspecified atom stereocenters. The predicted molar refractivity (Wildman–Crippen MR) is 193 cm³/mol. The van der Waals surface area contributed by atoms with Crippen molar-refractivity contribution in [1.29, 1.82) is 0 Å². The Morgan fingerprint density at radius 3 is 2.33 bits per heavy atom. The number of fused-ring (bicyclic) bond motifs is 2. The number of benzene rings is 1. The monoisotopic (exact) mass is 701 g/mol. The van der Waals surface area contributed by atoms with Gasteiger partial charge < -0.3 is 25.7 Å². The van der Waals surface area contributed by atoms with E-state index in [1.165, 1.54) is 0 Å². The molecule has 11 atom stereocenters. The van der Waals surface area contributed by atoms with Crippen molar-refractivity contribution in [3.63, 3.8) is 0 Å². The van der Waals surface area contributed by atoms with E-state index in [0.717, 1.165) is 5.56 Å². The van der Waals surface area contributed by atoms with Gasteiger partial charge in [-0.15, -0.1) is 0 Å². The molecular weight excluding hydrogens is 646 g/mol. The number of rotatable bonds is 11. The summed E-state index contributed by atoms with van der Waals surface area (Å²) >= 11 is 0. The zero-order chi connectivity index (χ0) is 37.5. The molecule has 0 bridgehead atoms. The van der Waals surface area contributed by atoms with Gasteiger partial charge in [-0.1, -0.05) is 90.1 Å². The normalized spacial score (nSPS) is 39.8. The molecular formula is C42H55NO8. The maximum absolute atomic E-state index is 14.9. The Morgan fingerprint density at radius 1 is 1.04 bits per heavy atom. The zero-order valence-corrected chi connectivity index (χ0v) is 31.0. The number of Topliss-reactive ketones (excluding diaryl/α,β-unsaturated/α-hetero) is 3. The Balaban J connectivity index is 1.48. The van der Waals surface area contributed by atoms with Crippen molar-refractivity contribution in [2.24, 2.45) is 51.2 Å². The Kier molecular flexibility index (Phi) is 9.14. The topological polar surface area (TPSA) is 161 Å². The average Bonchev–Trinajstić information content (AvgIpc) is 3.25. The molecule has 9 heteroatoms. The highest BCUT2D eigenvalue weighted by Crippen LogP contribution is 2.78. The zero-order valence-electron chi connectivity index (χ0n) is 31.0. The van der Waals surface area contributed by atoms with E-state index < -0.39 is 68.5 Å². The van der Waals surface area contributed by atoms with Gasteiger partial charge in [0.15, 0.2) is 11.6 Å². The van der Waals surface area contributed by atoms with E-state index in [9.17, 15) is 39.6 Å². The smallest absolute Gasteiger partial charge is 0.314 e. The molecule has 0 spiro atoms. The lowest BCUT2D eigenvalue weighted by molar-refractivity contribution is -0.161. The summed E-state index contributed by atoms with van der Waals surface area (Å²) in [6.45, 7) is 12.1. The number of carbonyl (C=O) groups is 4. The maximum Gasteiger partial charge on any atom is 0.314 e. The first-order valence-electron chi connectivity index (χ1n) is 18.5. The lowest BCUT2D eigenvalue weighted by Gasteiger charge is -2.68. The summed E-state index contributed by atoms with van der Waals surface area (Å²) in [6, 6.07) is 9.77. The molecule has 0 saturated heterocycles. The molecule has 5 aliphatic carbocycles. The van der Waals surface area contributed by atoms with Crippen LogP contribution in [-0.4, -0.2) is 74.6 Å². The minimum absolute atomic E-state index is 0.0266. The summed E-state index contributed by atoms with van der Waals surface area (Å²) in [7, 11) is 1.67. The molecule has 5 aliphatic rings. The molecule has 5 N–H and O–H groups in total. The predicted octanol–water partition coefficient (Wildman–Crippen LogP) is 4.94. The van der Waals surface area contributed by atoms with Crippen LogP contribution in [-0.2, 0) is 19.2 Å². The Morgan fingerprint density at radius 2 is 1.71 bits per heavy atom. The number of aliphatic carboxylic acids is 1. The number of nitrogens with one attached hydrogen (secondary N) is 1. The first-order chi connectivity index (χ1) is 23.7. The van der Waals surface area contributed by atoms with Crippen LogP contribution in [0.3, 0.4) is 0 Å². The van der Waals surface area contributed by atoms with E-state index in [4.69, 9.17) is 0 Å². The molecule has 0 radical (unpaired) electrons. The van der Waals surface area contributed by atoms with Crippen molar-refractivity contribution in [3.05, 3.63) is 65.3 Å². The molecule has 51 heavy (non-hydrogen) atoms. The van der Waals surface area contributed by atoms with E-state index in [1.807, 2.05) is 77.1 Å². The maximum atomic E-state index is 14.9. The number of carboxylic acids is 1. The van der Waals surface area contributed by atoms with E-state index >= 15 is 0 Å². The average molecular weight is 702 g/mol. The van der Waals surface area contributed by atoms with Crippen LogP contribution < -0.4 is 5.32 Å². The molecule has 0 amide bonds. The van der Waals surface area contributed by atoms with Crippen molar-refractivity contribution in [2.45, 2.75) is 97.4 Å². The molecule has 9 nitrogen and oxygen atoms in total. The number of hydrogen-bond donors (Lipinski definition) is 5. The van der Waals surface area contributed by atoms with Crippen LogP contribution in [0, 0.1) is 51.2 Å². The van der Waals surface area contributed by atoms with Crippen molar-refractivity contribution in [3.8, 4) is 0 Å². The second kappa shape index (κ2) is 12.4. The molecule has 276 valence electrons. The number of aliphatic hydroxyl groups is 3. The minimum atomic E-state index is -1.69. The molecule has 2 saturated carbocycles. The second-order valence-electron chi connectivity index (χ2n) is 17.5. The largest absolute Gasteiger partial charge is 0.481 e. The van der Waals surface area contributed by atoms with Crippen LogP contribution in [0.5, 0.6) is 0 Å². The van der Waals surface area contributed by atoms with Crippen LogP contribution in [0.15, 0.2) is 59.7 Å². The van der Waals surface area contributed by atoms with Gasteiger partial charge in [-0.05, 0) is 79.7 Å². The molecule has 0 heterocycles. The standard InChI is InChI=1S/C42H55NO8/c1-24(21-29(44)33(47)26(36(48)49)16-20-43-7)28-22-41(50)18-19-42(51)27(14-13-25-11-9-8-10-12-25)34-37(2,3)31(46)15-17-38(34,4)32-30(45)23-39(28,5)40(41,6)35(32)42/h8-14,18-19,24,26-29,34,43-44,50-51H,15-17,20-23H2,1-7H3,(H,48,49). The van der Waals surface area contributed by atoms with E-state index in [0.29, 0.717) is 30.5 Å². The molecule has 1 aromatic rings. The minimum Gasteiger partial charge on any atom is -0.481 e. The van der Waals surface area contributed by atoms with Crippen LogP contribution in [0.25, 0.3) is 6.08 Å². The molecule has 0 aliphatic heterocycles. The van der Waals surface area contributed by atoms with Crippen LogP contribution in [0.2, 0.25) is 0 Å². The first-order valence-corrected chi connectivity index (χ1v) is 18.5. The highest BCUT2D eigenvalue weighted by atomic mass is 16.4. The van der Waals surface area contributed by atoms with E-state index in [2.05, 4.69) is 12.2 Å². The summed E-state index contributed by atoms with van der Waals surface area (Å²) < 4.78 is 0. The van der Waals surface area contributed by atoms with Gasteiger partial charge in [-0.3, -0.25) is 19.2 Å². The number of carboxylic acid groups (broad SMARTS) is 1. The van der Waals surface area contributed by atoms with Gasteiger partial charge in [0.25, 0.3) is 0 Å². The number of carbonyl (C=O) groups excluding carboxylic acids is 3. The fourth-order valence-corrected chi connectivity index (χ4v) is 11.9. The quantitative estimate of drug-likeness (QED) is 0.159. The fraction of sp³-hybridized carbons (Fsp3) is 0.619. The second-order valence-corrected chi connectivity index (χ2v) is 17.5. The summed E-state index contributed by atoms with van der Waals surface area (Å²) in [5.74, 6) is -5.15. The van der Waals surface area contributed by atoms with Crippen LogP contribution in [0.1, 0.15) is 85.6 Å². The van der Waals surface area contributed by atoms with Crippen molar-refractivity contribution >= 4 is 29.4 Å². The highest BCUT2D eigenvalue weighted by molar-refractivity contribution is 6.02. The first kappa shape index (κ1) is 37.5. The highest BCUT2D eigenvalue weighted by Gasteiger charge is 2.78. The third-order valence-corrected chi connectivity index (χ3v) is 14.7. The van der Waals surface area contributed by atoms with Gasteiger partial charge in [0.2, 0.25) is 0 Å². The Bertz CT molecular complexity index is 1730. The van der Waals surface area contributed by atoms with Gasteiger partial charge in [0.05, 0.1) is 5.60 Å². The summed E-state index contributed by atoms with van der Waals surface area (Å²) in [6.07, 6.45) is 6.93. The van der Waals surface area contributed by atoms with Crippen molar-refractivity contribution in [1.82, 2.24) is 5.32 Å². The fourth-order valence-electron chi connectivity index (χ4n) is 11.9. The number of ketones is 3. The summed E-state index contributed by atoms with van der Waals surface area (Å²) in [5.41, 5.74) is -4.76. The molecule has 1 aromatic carbocycles. The Hall–Kier alpha value is -3.24. The van der Waals surface area contributed by atoms with Crippen LogP contribution in [0.4, 0.5) is 0 Å². The van der Waals surface area contributed by atoms with E-state index in [1.54, 1.807) is 19.2 Å². The van der Waals surface area contributed by atoms with Gasteiger partial charge >= 0.3 is 5.97 Å². The lowest BCUT2D eigenvalue weighted by Crippen LogP contribution is -2.69. The van der Waals surface area contributed by atoms with E-state index in [-0.39, 0.29) is 49.1 Å². The van der Waals surface area contributed by atoms with Crippen molar-refractivity contribution in [2.75, 3.05) is 13.6 Å². The lowest BCUT2D eigenvalue weighted by atomic mass is 9.36. The third kappa shape index (κ3) is 5.16. The van der Waals surface area contributed by atoms with Crippen LogP contribution >= 0.6 is 0 Å². The van der Waals surface area contributed by atoms with Crippen molar-refractivity contribution < 1.29 is 39.6 Å². The SMILES string of the molecule is CNCCC(C(=O)O)C(=O)C(O)CC(C)C1CC2(O)C=CC3(O)C4=C(C(=O)CC1(C)C42C)C1(C)CCC(=O)C(C)(C)C1C3C=Cc1ccccc1. The van der Waals surface area contributed by atoms with Gasteiger partial charge in [0.1, 0.15) is 23.4 Å². The molecule has 2 fully saturated rings. The summed E-state index contributed by atoms with van der Waals surface area (Å²) in [5, 5.41) is 49.9. The molecule has 6 rings (SSSR count). The molecule has 0 aromatic heterocycles. The summed E-state index contributed by atoms with van der Waals surface area (Å²) in [4.78, 5) is 53.8. The number of allylic oxidation sites excluding steroid dienone is 1. The number of hydrogen-bond acceptors (Lipinski definition) is 8. The van der Waals surface area contributed by atoms with Gasteiger partial charge in [-0.2, -0.15) is 0 Å². The third-order valence-electron chi connectivity index (χ3n) is 14.7. The van der Waals surface area contributed by atoms with Gasteiger partial charge in [0, 0.05) is 40.6 Å². The Labute approximate surface area is 301 Å².